The molecular weight excluding hydrogens is 456 g/mol. The lowest BCUT2D eigenvalue weighted by Gasteiger charge is -2.29. The van der Waals surface area contributed by atoms with Crippen LogP contribution in [-0.2, 0) is 23.0 Å². The van der Waals surface area contributed by atoms with Gasteiger partial charge in [-0.3, -0.25) is 4.90 Å². The Labute approximate surface area is 181 Å². The highest BCUT2D eigenvalue weighted by molar-refractivity contribution is 9.10. The van der Waals surface area contributed by atoms with Crippen LogP contribution in [0.2, 0.25) is 0 Å². The van der Waals surface area contributed by atoms with Gasteiger partial charge < -0.3 is 9.47 Å². The summed E-state index contributed by atoms with van der Waals surface area (Å²) in [4.78, 5) is 2.67. The van der Waals surface area contributed by atoms with Gasteiger partial charge in [0.2, 0.25) is 10.0 Å². The van der Waals surface area contributed by atoms with Crippen LogP contribution in [0.25, 0.3) is 0 Å². The predicted molar refractivity (Wildman–Crippen MR) is 117 cm³/mol. The Morgan fingerprint density at radius 1 is 1.07 bits per heavy atom. The Hall–Kier alpha value is -1.61. The third kappa shape index (κ3) is 5.51. The summed E-state index contributed by atoms with van der Waals surface area (Å²) in [5.41, 5.74) is 2.57. The topological polar surface area (TPSA) is 67.9 Å². The molecule has 6 nitrogen and oxygen atoms in total. The van der Waals surface area contributed by atoms with Crippen molar-refractivity contribution < 1.29 is 17.9 Å². The summed E-state index contributed by atoms with van der Waals surface area (Å²) >= 11 is 3.30. The quantitative estimate of drug-likeness (QED) is 0.553. The molecule has 0 aliphatic carbocycles. The Morgan fingerprint density at radius 2 is 1.76 bits per heavy atom. The number of halogens is 1. The van der Waals surface area contributed by atoms with Gasteiger partial charge in [0.05, 0.1) is 19.1 Å². The van der Waals surface area contributed by atoms with Gasteiger partial charge in [-0.25, -0.2) is 13.1 Å². The van der Waals surface area contributed by atoms with Crippen LogP contribution in [0, 0.1) is 0 Å². The van der Waals surface area contributed by atoms with Gasteiger partial charge in [0.15, 0.2) is 11.5 Å². The minimum atomic E-state index is -3.49. The number of rotatable bonds is 9. The van der Waals surface area contributed by atoms with Crippen molar-refractivity contribution in [1.29, 1.82) is 0 Å². The van der Waals surface area contributed by atoms with Crippen molar-refractivity contribution in [3.05, 3.63) is 52.0 Å². The number of hydrogen-bond donors (Lipinski definition) is 1. The van der Waals surface area contributed by atoms with E-state index in [1.807, 2.05) is 0 Å². The molecular formula is C21H27BrN2O4S. The van der Waals surface area contributed by atoms with Crippen molar-refractivity contribution in [2.45, 2.75) is 30.7 Å². The first kappa shape index (κ1) is 22.1. The van der Waals surface area contributed by atoms with Gasteiger partial charge >= 0.3 is 0 Å². The van der Waals surface area contributed by atoms with Gasteiger partial charge in [-0.1, -0.05) is 12.1 Å². The maximum atomic E-state index is 12.4. The van der Waals surface area contributed by atoms with Gasteiger partial charge in [-0.2, -0.15) is 0 Å². The lowest BCUT2D eigenvalue weighted by Crippen LogP contribution is -2.32. The molecule has 2 aromatic rings. The standard InChI is InChI=1S/C21H27BrN2O4S/c1-27-19-13-16-9-12-24(15-17(16)14-20(19)28-2)11-6-5-10-23-29(25,26)21-8-4-3-7-18(21)22/h3-4,7-8,13-14,23H,5-6,9-12,15H2,1-2H3. The fourth-order valence-corrected chi connectivity index (χ4v) is 5.61. The number of fused-ring (bicyclic) bond motifs is 1. The Bertz CT molecular complexity index is 950. The van der Waals surface area contributed by atoms with E-state index in [0.29, 0.717) is 11.0 Å². The predicted octanol–water partition coefficient (Wildman–Crippen LogP) is 3.58. The molecule has 0 atom stereocenters. The lowest BCUT2D eigenvalue weighted by atomic mass is 9.98. The Balaban J connectivity index is 1.47. The molecule has 29 heavy (non-hydrogen) atoms. The number of methoxy groups -OCH3 is 2. The number of benzene rings is 2. The molecule has 0 spiro atoms. The second-order valence-corrected chi connectivity index (χ2v) is 9.63. The summed E-state index contributed by atoms with van der Waals surface area (Å²) in [6.45, 7) is 3.23. The van der Waals surface area contributed by atoms with Crippen molar-refractivity contribution in [1.82, 2.24) is 9.62 Å². The molecule has 0 radical (unpaired) electrons. The molecule has 0 unspecified atom stereocenters. The van der Waals surface area contributed by atoms with Crippen LogP contribution in [0.3, 0.4) is 0 Å². The number of sulfonamides is 1. The zero-order chi connectivity index (χ0) is 20.9. The molecule has 2 aromatic carbocycles. The first-order valence-corrected chi connectivity index (χ1v) is 11.9. The minimum absolute atomic E-state index is 0.275. The number of unbranched alkanes of at least 4 members (excludes halogenated alkanes) is 1. The van der Waals surface area contributed by atoms with Crippen LogP contribution in [0.15, 0.2) is 45.8 Å². The number of hydrogen-bond acceptors (Lipinski definition) is 5. The van der Waals surface area contributed by atoms with Crippen molar-refractivity contribution >= 4 is 26.0 Å². The summed E-state index contributed by atoms with van der Waals surface area (Å²) in [5, 5.41) is 0. The Kier molecular flexibility index (Phi) is 7.56. The van der Waals surface area contributed by atoms with E-state index in [1.165, 1.54) is 11.1 Å². The normalized spacial score (nSPS) is 14.4. The molecule has 1 N–H and O–H groups in total. The molecule has 8 heteroatoms. The molecule has 1 aliphatic rings. The summed E-state index contributed by atoms with van der Waals surface area (Å²) in [6, 6.07) is 11.0. The molecule has 0 bridgehead atoms. The van der Waals surface area contributed by atoms with E-state index in [9.17, 15) is 8.42 Å². The third-order valence-corrected chi connectivity index (χ3v) is 7.59. The van der Waals surface area contributed by atoms with Gasteiger partial charge in [0.25, 0.3) is 0 Å². The summed E-state index contributed by atoms with van der Waals surface area (Å²) in [7, 11) is -0.177. The zero-order valence-corrected chi connectivity index (χ0v) is 19.2. The molecule has 0 saturated carbocycles. The first-order valence-electron chi connectivity index (χ1n) is 9.65. The largest absolute Gasteiger partial charge is 0.493 e. The van der Waals surface area contributed by atoms with Crippen LogP contribution in [-0.4, -0.2) is 47.2 Å². The molecule has 0 amide bonds. The summed E-state index contributed by atoms with van der Waals surface area (Å²) < 4.78 is 38.9. The molecule has 3 rings (SSSR count). The van der Waals surface area contributed by atoms with E-state index in [-0.39, 0.29) is 4.90 Å². The maximum Gasteiger partial charge on any atom is 0.241 e. The highest BCUT2D eigenvalue weighted by atomic mass is 79.9. The number of ether oxygens (including phenoxy) is 2. The van der Waals surface area contributed by atoms with Crippen LogP contribution < -0.4 is 14.2 Å². The van der Waals surface area contributed by atoms with E-state index >= 15 is 0 Å². The maximum absolute atomic E-state index is 12.4. The summed E-state index contributed by atoms with van der Waals surface area (Å²) in [6.07, 6.45) is 2.70. The summed E-state index contributed by atoms with van der Waals surface area (Å²) in [5.74, 6) is 1.53. The zero-order valence-electron chi connectivity index (χ0n) is 16.8. The van der Waals surface area contributed by atoms with Gasteiger partial charge in [-0.15, -0.1) is 0 Å². The van der Waals surface area contributed by atoms with E-state index in [1.54, 1.807) is 38.5 Å². The second-order valence-electron chi connectivity index (χ2n) is 7.04. The van der Waals surface area contributed by atoms with Crippen molar-refractivity contribution in [2.24, 2.45) is 0 Å². The van der Waals surface area contributed by atoms with E-state index in [2.05, 4.69) is 37.7 Å². The minimum Gasteiger partial charge on any atom is -0.493 e. The molecule has 0 fully saturated rings. The fourth-order valence-electron chi connectivity index (χ4n) is 3.54. The van der Waals surface area contributed by atoms with Crippen LogP contribution in [0.4, 0.5) is 0 Å². The Morgan fingerprint density at radius 3 is 2.45 bits per heavy atom. The average Bonchev–Trinajstić information content (AvgIpc) is 2.72. The fraction of sp³-hybridized carbons (Fsp3) is 0.429. The highest BCUT2D eigenvalue weighted by Crippen LogP contribution is 2.33. The number of nitrogens with one attached hydrogen (secondary N) is 1. The monoisotopic (exact) mass is 482 g/mol. The lowest BCUT2D eigenvalue weighted by molar-refractivity contribution is 0.248. The van der Waals surface area contributed by atoms with E-state index < -0.39 is 10.0 Å². The van der Waals surface area contributed by atoms with E-state index in [4.69, 9.17) is 9.47 Å². The molecule has 0 aromatic heterocycles. The van der Waals surface area contributed by atoms with Gasteiger partial charge in [0.1, 0.15) is 0 Å². The second kappa shape index (κ2) is 9.93. The smallest absolute Gasteiger partial charge is 0.241 e. The molecule has 0 saturated heterocycles. The molecule has 158 valence electrons. The van der Waals surface area contributed by atoms with Crippen LogP contribution >= 0.6 is 15.9 Å². The molecule has 1 aliphatic heterocycles. The molecule has 1 heterocycles. The average molecular weight is 483 g/mol. The highest BCUT2D eigenvalue weighted by Gasteiger charge is 2.19. The van der Waals surface area contributed by atoms with Crippen LogP contribution in [0.5, 0.6) is 11.5 Å². The first-order chi connectivity index (χ1) is 13.9. The van der Waals surface area contributed by atoms with Gasteiger partial charge in [-0.05, 0) is 77.1 Å². The van der Waals surface area contributed by atoms with E-state index in [0.717, 1.165) is 50.4 Å². The van der Waals surface area contributed by atoms with Crippen molar-refractivity contribution in [3.63, 3.8) is 0 Å². The van der Waals surface area contributed by atoms with Gasteiger partial charge in [0, 0.05) is 24.1 Å². The van der Waals surface area contributed by atoms with Crippen molar-refractivity contribution in [3.8, 4) is 11.5 Å². The van der Waals surface area contributed by atoms with Crippen molar-refractivity contribution in [2.75, 3.05) is 33.9 Å². The third-order valence-electron chi connectivity index (χ3n) is 5.12. The van der Waals surface area contributed by atoms with Crippen LogP contribution in [0.1, 0.15) is 24.0 Å². The number of nitrogens with zero attached hydrogens (tertiary/aromatic N) is 1. The SMILES string of the molecule is COc1cc2c(cc1OC)CN(CCCCNS(=O)(=O)c1ccccc1Br)CC2.